The zero-order valence-electron chi connectivity index (χ0n) is 19.2. The molecule has 6 nitrogen and oxygen atoms in total. The number of aromatic nitrogens is 3. The number of amides is 1. The van der Waals surface area contributed by atoms with Crippen LogP contribution in [0.2, 0.25) is 0 Å². The number of rotatable bonds is 12. The molecule has 32 heavy (non-hydrogen) atoms. The minimum atomic E-state index is -4.62. The van der Waals surface area contributed by atoms with Gasteiger partial charge in [-0.05, 0) is 61.8 Å². The molecule has 0 saturated carbocycles. The zero-order valence-corrected chi connectivity index (χ0v) is 20.8. The lowest BCUT2D eigenvalue weighted by Gasteiger charge is -2.26. The Morgan fingerprint density at radius 3 is 2.31 bits per heavy atom. The Morgan fingerprint density at radius 2 is 1.78 bits per heavy atom. The Kier molecular flexibility index (Phi) is 9.94. The van der Waals surface area contributed by atoms with Crippen LogP contribution in [0.4, 0.5) is 13.2 Å². The molecule has 0 saturated heterocycles. The van der Waals surface area contributed by atoms with Crippen molar-refractivity contribution in [2.75, 3.05) is 19.6 Å². The topological polar surface area (TPSA) is 62.5 Å². The van der Waals surface area contributed by atoms with E-state index in [2.05, 4.69) is 50.1 Å². The molecule has 2 heterocycles. The summed E-state index contributed by atoms with van der Waals surface area (Å²) in [6.45, 7) is 10.3. The predicted molar refractivity (Wildman–Crippen MR) is 123 cm³/mol. The fraction of sp³-hybridized carbons (Fsp3) is 0.682. The van der Waals surface area contributed by atoms with Crippen LogP contribution >= 0.6 is 15.9 Å². The third-order valence-corrected chi connectivity index (χ3v) is 5.96. The van der Waals surface area contributed by atoms with E-state index in [0.717, 1.165) is 57.7 Å². The second-order valence-corrected chi connectivity index (χ2v) is 9.06. The van der Waals surface area contributed by atoms with E-state index in [4.69, 9.17) is 0 Å². The largest absolute Gasteiger partial charge is 0.433 e. The monoisotopic (exact) mass is 519 g/mol. The lowest BCUT2D eigenvalue weighted by atomic mass is 10.2. The van der Waals surface area contributed by atoms with Crippen LogP contribution in [-0.4, -0.2) is 51.1 Å². The first-order valence-corrected chi connectivity index (χ1v) is 12.0. The maximum absolute atomic E-state index is 13.4. The first-order valence-electron chi connectivity index (χ1n) is 11.2. The Bertz CT molecular complexity index is 890. The molecule has 0 aliphatic rings. The fourth-order valence-electron chi connectivity index (χ4n) is 3.65. The number of nitrogens with one attached hydrogen (secondary N) is 1. The number of alkyl halides is 3. The number of fused-ring (bicyclic) bond motifs is 1. The standard InChI is InChI=1S/C22H33BrF3N5O/c1-5-7-9-11-30(12-10-8-6-2)14-16(4)28-21(32)19-18(23)20-27-15(3)13-17(22(24,25)26)31(20)29-19/h13,16H,5-12,14H2,1-4H3,(H,28,32). The van der Waals surface area contributed by atoms with Crippen molar-refractivity contribution in [1.82, 2.24) is 24.8 Å². The number of unbranched alkanes of at least 4 members (excludes halogenated alkanes) is 4. The minimum Gasteiger partial charge on any atom is -0.347 e. The van der Waals surface area contributed by atoms with Gasteiger partial charge in [-0.25, -0.2) is 9.50 Å². The molecule has 10 heteroatoms. The highest BCUT2D eigenvalue weighted by atomic mass is 79.9. The van der Waals surface area contributed by atoms with Crippen molar-refractivity contribution >= 4 is 27.5 Å². The Balaban J connectivity index is 2.15. The van der Waals surface area contributed by atoms with E-state index >= 15 is 0 Å². The summed E-state index contributed by atoms with van der Waals surface area (Å²) in [5.74, 6) is -0.525. The SMILES string of the molecule is CCCCCN(CCCCC)CC(C)NC(=O)c1nn2c(C(F)(F)F)cc(C)nc2c1Br. The average molecular weight is 520 g/mol. The average Bonchev–Trinajstić information content (AvgIpc) is 3.03. The number of nitrogens with zero attached hydrogens (tertiary/aromatic N) is 4. The van der Waals surface area contributed by atoms with Gasteiger partial charge in [0.05, 0.1) is 4.47 Å². The van der Waals surface area contributed by atoms with Gasteiger partial charge < -0.3 is 10.2 Å². The number of hydrogen-bond donors (Lipinski definition) is 1. The first kappa shape index (κ1) is 26.6. The van der Waals surface area contributed by atoms with Gasteiger partial charge >= 0.3 is 6.18 Å². The Morgan fingerprint density at radius 1 is 1.19 bits per heavy atom. The number of hydrogen-bond acceptors (Lipinski definition) is 4. The third kappa shape index (κ3) is 7.16. The second-order valence-electron chi connectivity index (χ2n) is 8.27. The lowest BCUT2D eigenvalue weighted by Crippen LogP contribution is -2.43. The highest BCUT2D eigenvalue weighted by Crippen LogP contribution is 2.32. The fourth-order valence-corrected chi connectivity index (χ4v) is 4.17. The quantitative estimate of drug-likeness (QED) is 0.369. The molecular formula is C22H33BrF3N5O. The Hall–Kier alpha value is -1.68. The molecule has 0 bridgehead atoms. The summed E-state index contributed by atoms with van der Waals surface area (Å²) in [4.78, 5) is 19.3. The molecular weight excluding hydrogens is 487 g/mol. The van der Waals surface area contributed by atoms with Gasteiger partial charge in [0.2, 0.25) is 0 Å². The van der Waals surface area contributed by atoms with E-state index in [1.807, 2.05) is 6.92 Å². The van der Waals surface area contributed by atoms with Gasteiger partial charge in [0.1, 0.15) is 5.69 Å². The summed E-state index contributed by atoms with van der Waals surface area (Å²) in [6, 6.07) is 0.737. The normalized spacial score (nSPS) is 13.2. The van der Waals surface area contributed by atoms with Gasteiger partial charge in [-0.2, -0.15) is 18.3 Å². The molecule has 1 N–H and O–H groups in total. The van der Waals surface area contributed by atoms with Crippen LogP contribution in [0.5, 0.6) is 0 Å². The van der Waals surface area contributed by atoms with E-state index in [-0.39, 0.29) is 27.5 Å². The summed E-state index contributed by atoms with van der Waals surface area (Å²) in [5, 5.41) is 6.82. The number of halogens is 4. The van der Waals surface area contributed by atoms with Crippen molar-refractivity contribution in [3.8, 4) is 0 Å². The third-order valence-electron chi connectivity index (χ3n) is 5.23. The summed E-state index contributed by atoms with van der Waals surface area (Å²) in [7, 11) is 0. The highest BCUT2D eigenvalue weighted by Gasteiger charge is 2.36. The van der Waals surface area contributed by atoms with E-state index < -0.39 is 17.8 Å². The van der Waals surface area contributed by atoms with Gasteiger partial charge in [-0.1, -0.05) is 39.5 Å². The van der Waals surface area contributed by atoms with E-state index in [1.165, 1.54) is 6.92 Å². The van der Waals surface area contributed by atoms with Gasteiger partial charge in [0, 0.05) is 18.3 Å². The molecule has 180 valence electrons. The van der Waals surface area contributed by atoms with Crippen molar-refractivity contribution in [1.29, 1.82) is 0 Å². The van der Waals surface area contributed by atoms with Gasteiger partial charge in [-0.15, -0.1) is 0 Å². The van der Waals surface area contributed by atoms with Gasteiger partial charge in [0.25, 0.3) is 5.91 Å². The van der Waals surface area contributed by atoms with Crippen molar-refractivity contribution in [2.24, 2.45) is 0 Å². The molecule has 2 aromatic rings. The molecule has 0 aromatic carbocycles. The molecule has 1 amide bonds. The molecule has 0 spiro atoms. The molecule has 0 fully saturated rings. The first-order chi connectivity index (χ1) is 15.1. The van der Waals surface area contributed by atoms with Gasteiger partial charge in [-0.3, -0.25) is 4.79 Å². The van der Waals surface area contributed by atoms with Crippen LogP contribution in [0.3, 0.4) is 0 Å². The van der Waals surface area contributed by atoms with Crippen LogP contribution < -0.4 is 5.32 Å². The Labute approximate surface area is 196 Å². The number of carbonyl (C=O) groups excluding carboxylic acids is 1. The molecule has 2 aromatic heterocycles. The molecule has 0 aliphatic heterocycles. The predicted octanol–water partition coefficient (Wildman–Crippen LogP) is 5.62. The van der Waals surface area contributed by atoms with Crippen molar-refractivity contribution in [3.05, 3.63) is 27.6 Å². The van der Waals surface area contributed by atoms with E-state index in [1.54, 1.807) is 0 Å². The summed E-state index contributed by atoms with van der Waals surface area (Å²) >= 11 is 3.23. The molecule has 0 radical (unpaired) electrons. The van der Waals surface area contributed by atoms with Crippen LogP contribution in [0.25, 0.3) is 5.65 Å². The molecule has 1 atom stereocenters. The van der Waals surface area contributed by atoms with Crippen LogP contribution in [0, 0.1) is 6.92 Å². The zero-order chi connectivity index (χ0) is 23.9. The maximum atomic E-state index is 13.4. The summed E-state index contributed by atoms with van der Waals surface area (Å²) in [5.41, 5.74) is -0.911. The van der Waals surface area contributed by atoms with Crippen molar-refractivity contribution in [2.45, 2.75) is 78.4 Å². The van der Waals surface area contributed by atoms with Gasteiger partial charge in [0.15, 0.2) is 11.3 Å². The van der Waals surface area contributed by atoms with Crippen molar-refractivity contribution < 1.29 is 18.0 Å². The molecule has 1 unspecified atom stereocenters. The van der Waals surface area contributed by atoms with E-state index in [9.17, 15) is 18.0 Å². The summed E-state index contributed by atoms with van der Waals surface area (Å²) < 4.78 is 41.1. The van der Waals surface area contributed by atoms with E-state index in [0.29, 0.717) is 11.1 Å². The number of carbonyl (C=O) groups is 1. The molecule has 0 aliphatic carbocycles. The number of aryl methyl sites for hydroxylation is 1. The van der Waals surface area contributed by atoms with Crippen LogP contribution in [0.1, 0.15) is 81.2 Å². The highest BCUT2D eigenvalue weighted by molar-refractivity contribution is 9.10. The van der Waals surface area contributed by atoms with Crippen LogP contribution in [-0.2, 0) is 6.18 Å². The molecule has 2 rings (SSSR count). The summed E-state index contributed by atoms with van der Waals surface area (Å²) in [6.07, 6.45) is 2.20. The second kappa shape index (κ2) is 12.0. The smallest absolute Gasteiger partial charge is 0.347 e. The lowest BCUT2D eigenvalue weighted by molar-refractivity contribution is -0.142. The maximum Gasteiger partial charge on any atom is 0.433 e. The van der Waals surface area contributed by atoms with Crippen LogP contribution in [0.15, 0.2) is 10.5 Å². The minimum absolute atomic E-state index is 0.0316. The van der Waals surface area contributed by atoms with Crippen molar-refractivity contribution in [3.63, 3.8) is 0 Å².